The van der Waals surface area contributed by atoms with Crippen LogP contribution in [0.25, 0.3) is 22.2 Å². The fourth-order valence-corrected chi connectivity index (χ4v) is 5.22. The van der Waals surface area contributed by atoms with Gasteiger partial charge < -0.3 is 25.4 Å². The Kier molecular flexibility index (Phi) is 8.66. The Balaban J connectivity index is 1.17. The molecule has 2 aromatic carbocycles. The van der Waals surface area contributed by atoms with E-state index in [1.807, 2.05) is 49.0 Å². The largest absolute Gasteiger partial charge is 0.358 e. The SMILES string of the molecule is Cc1[nH]c2ccccc2c1-c1nc(NC2CCN(C(=O)c3ccc(NC(=O)/C=C/CN(C)C)cc3)CC2)ncc1Cl. The molecule has 1 aliphatic heterocycles. The number of H-pyrrole nitrogens is 1. The molecule has 0 unspecified atom stereocenters. The third-order valence-corrected chi connectivity index (χ3v) is 7.41. The van der Waals surface area contributed by atoms with Gasteiger partial charge in [0.05, 0.1) is 16.9 Å². The number of fused-ring (bicyclic) bond motifs is 1. The molecule has 5 rings (SSSR count). The molecule has 0 aliphatic carbocycles. The van der Waals surface area contributed by atoms with Gasteiger partial charge in [0, 0.05) is 65.2 Å². The minimum atomic E-state index is -0.200. The number of nitrogens with zero attached hydrogens (tertiary/aromatic N) is 4. The maximum Gasteiger partial charge on any atom is 0.253 e. The molecule has 3 heterocycles. The highest BCUT2D eigenvalue weighted by Gasteiger charge is 2.25. The fraction of sp³-hybridized carbons (Fsp3) is 0.290. The summed E-state index contributed by atoms with van der Waals surface area (Å²) in [6, 6.07) is 15.2. The second-order valence-corrected chi connectivity index (χ2v) is 10.9. The molecular weight excluding hydrogens is 538 g/mol. The number of benzene rings is 2. The number of likely N-dealkylation sites (N-methyl/N-ethyl adjacent to an activating group) is 1. The van der Waals surface area contributed by atoms with E-state index in [2.05, 4.69) is 26.7 Å². The molecule has 1 aliphatic rings. The van der Waals surface area contributed by atoms with Crippen LogP contribution in [0.3, 0.4) is 0 Å². The van der Waals surface area contributed by atoms with Crippen molar-refractivity contribution in [3.05, 3.63) is 83.2 Å². The lowest BCUT2D eigenvalue weighted by atomic mass is 10.0. The molecule has 0 atom stereocenters. The zero-order valence-corrected chi connectivity index (χ0v) is 24.2. The maximum absolute atomic E-state index is 13.1. The van der Waals surface area contributed by atoms with Crippen molar-refractivity contribution in [2.24, 2.45) is 0 Å². The number of aryl methyl sites for hydroxylation is 1. The van der Waals surface area contributed by atoms with Crippen molar-refractivity contribution in [1.29, 1.82) is 0 Å². The van der Waals surface area contributed by atoms with E-state index in [9.17, 15) is 9.59 Å². The predicted molar refractivity (Wildman–Crippen MR) is 164 cm³/mol. The lowest BCUT2D eigenvalue weighted by Gasteiger charge is -2.32. The minimum absolute atomic E-state index is 0.0213. The summed E-state index contributed by atoms with van der Waals surface area (Å²) in [4.78, 5) is 41.6. The predicted octanol–water partition coefficient (Wildman–Crippen LogP) is 5.36. The van der Waals surface area contributed by atoms with E-state index >= 15 is 0 Å². The number of anilines is 2. The lowest BCUT2D eigenvalue weighted by Crippen LogP contribution is -2.42. The number of aromatic nitrogens is 3. The molecule has 3 N–H and O–H groups in total. The van der Waals surface area contributed by atoms with Crippen molar-refractivity contribution in [3.63, 3.8) is 0 Å². The highest BCUT2D eigenvalue weighted by Crippen LogP contribution is 2.35. The number of carbonyl (C=O) groups excluding carboxylic acids is 2. The van der Waals surface area contributed by atoms with Crippen LogP contribution in [0.4, 0.5) is 11.6 Å². The molecule has 1 fully saturated rings. The summed E-state index contributed by atoms with van der Waals surface area (Å²) < 4.78 is 0. The minimum Gasteiger partial charge on any atom is -0.358 e. The number of hydrogen-bond acceptors (Lipinski definition) is 6. The molecule has 1 saturated heterocycles. The number of piperidine rings is 1. The Bertz CT molecular complexity index is 1570. The Morgan fingerprint density at radius 1 is 1.12 bits per heavy atom. The Labute approximate surface area is 244 Å². The van der Waals surface area contributed by atoms with Crippen LogP contribution in [0.2, 0.25) is 5.02 Å². The van der Waals surface area contributed by atoms with Crippen molar-refractivity contribution < 1.29 is 9.59 Å². The van der Waals surface area contributed by atoms with E-state index in [-0.39, 0.29) is 17.9 Å². The van der Waals surface area contributed by atoms with Crippen LogP contribution in [0.1, 0.15) is 28.9 Å². The Morgan fingerprint density at radius 2 is 1.85 bits per heavy atom. The fourth-order valence-electron chi connectivity index (χ4n) is 5.04. The summed E-state index contributed by atoms with van der Waals surface area (Å²) in [7, 11) is 3.88. The van der Waals surface area contributed by atoms with Gasteiger partial charge in [0.1, 0.15) is 0 Å². The first-order valence-electron chi connectivity index (χ1n) is 13.7. The van der Waals surface area contributed by atoms with Crippen LogP contribution in [0.15, 0.2) is 66.9 Å². The van der Waals surface area contributed by atoms with Crippen molar-refractivity contribution >= 4 is 46.0 Å². The van der Waals surface area contributed by atoms with E-state index in [1.54, 1.807) is 36.5 Å². The number of hydrogen-bond donors (Lipinski definition) is 3. The number of carbonyl (C=O) groups is 2. The zero-order valence-electron chi connectivity index (χ0n) is 23.4. The highest BCUT2D eigenvalue weighted by atomic mass is 35.5. The van der Waals surface area contributed by atoms with Gasteiger partial charge in [-0.15, -0.1) is 0 Å². The van der Waals surface area contributed by atoms with Crippen LogP contribution in [0.5, 0.6) is 0 Å². The average Bonchev–Trinajstić information content (AvgIpc) is 3.30. The zero-order chi connectivity index (χ0) is 28.9. The van der Waals surface area contributed by atoms with Crippen LogP contribution >= 0.6 is 11.6 Å². The van der Waals surface area contributed by atoms with E-state index < -0.39 is 0 Å². The molecule has 4 aromatic rings. The van der Waals surface area contributed by atoms with E-state index in [4.69, 9.17) is 16.6 Å². The molecule has 10 heteroatoms. The van der Waals surface area contributed by atoms with Gasteiger partial charge in [0.25, 0.3) is 5.91 Å². The van der Waals surface area contributed by atoms with Crippen molar-refractivity contribution in [3.8, 4) is 11.3 Å². The molecule has 0 radical (unpaired) electrons. The number of likely N-dealkylation sites (tertiary alicyclic amines) is 1. The lowest BCUT2D eigenvalue weighted by molar-refractivity contribution is -0.111. The van der Waals surface area contributed by atoms with Gasteiger partial charge in [-0.25, -0.2) is 9.97 Å². The van der Waals surface area contributed by atoms with Crippen molar-refractivity contribution in [2.75, 3.05) is 44.4 Å². The van der Waals surface area contributed by atoms with Gasteiger partial charge in [0.2, 0.25) is 11.9 Å². The van der Waals surface area contributed by atoms with Gasteiger partial charge in [0.15, 0.2) is 0 Å². The number of aromatic amines is 1. The van der Waals surface area contributed by atoms with Crippen LogP contribution < -0.4 is 10.6 Å². The van der Waals surface area contributed by atoms with Crippen LogP contribution in [0, 0.1) is 6.92 Å². The van der Waals surface area contributed by atoms with Gasteiger partial charge in [-0.2, -0.15) is 0 Å². The number of rotatable bonds is 8. The molecule has 0 spiro atoms. The second kappa shape index (κ2) is 12.5. The summed E-state index contributed by atoms with van der Waals surface area (Å²) in [5, 5.41) is 7.83. The molecule has 2 aromatic heterocycles. The first kappa shape index (κ1) is 28.3. The number of nitrogens with one attached hydrogen (secondary N) is 3. The van der Waals surface area contributed by atoms with E-state index in [0.717, 1.165) is 35.0 Å². The molecule has 0 saturated carbocycles. The summed E-state index contributed by atoms with van der Waals surface area (Å²) >= 11 is 6.54. The molecule has 212 valence electrons. The number of para-hydroxylation sites is 1. The summed E-state index contributed by atoms with van der Waals surface area (Å²) in [5.74, 6) is 0.300. The third kappa shape index (κ3) is 6.75. The average molecular weight is 572 g/mol. The third-order valence-electron chi connectivity index (χ3n) is 7.13. The van der Waals surface area contributed by atoms with Gasteiger partial charge in [-0.05, 0) is 64.2 Å². The first-order valence-corrected chi connectivity index (χ1v) is 14.0. The van der Waals surface area contributed by atoms with Gasteiger partial charge in [-0.1, -0.05) is 35.9 Å². The van der Waals surface area contributed by atoms with Crippen LogP contribution in [-0.4, -0.2) is 76.3 Å². The van der Waals surface area contributed by atoms with Crippen molar-refractivity contribution in [1.82, 2.24) is 24.8 Å². The summed E-state index contributed by atoms with van der Waals surface area (Å²) in [6.45, 7) is 3.94. The molecule has 2 amide bonds. The molecular formula is C31H34ClN7O2. The molecule has 0 bridgehead atoms. The summed E-state index contributed by atoms with van der Waals surface area (Å²) in [6.07, 6.45) is 6.49. The quantitative estimate of drug-likeness (QED) is 0.246. The van der Waals surface area contributed by atoms with Gasteiger partial charge >= 0.3 is 0 Å². The maximum atomic E-state index is 13.1. The topological polar surface area (TPSA) is 106 Å². The Morgan fingerprint density at radius 3 is 2.59 bits per heavy atom. The van der Waals surface area contributed by atoms with Crippen molar-refractivity contribution in [2.45, 2.75) is 25.8 Å². The molecule has 41 heavy (non-hydrogen) atoms. The van der Waals surface area contributed by atoms with E-state index in [1.165, 1.54) is 6.08 Å². The normalized spacial score (nSPS) is 14.2. The standard InChI is InChI=1S/C31H34ClN7O2/c1-20-28(24-7-4-5-8-26(24)34-20)29-25(32)19-33-31(37-29)36-23-14-17-39(18-15-23)30(41)21-10-12-22(13-11-21)35-27(40)9-6-16-38(2)3/h4-13,19,23,34H,14-18H2,1-3H3,(H,35,40)(H,33,36,37)/b9-6+. The smallest absolute Gasteiger partial charge is 0.253 e. The Hall–Kier alpha value is -4.21. The first-order chi connectivity index (χ1) is 19.8. The molecule has 9 nitrogen and oxygen atoms in total. The number of amides is 2. The van der Waals surface area contributed by atoms with Crippen LogP contribution in [-0.2, 0) is 4.79 Å². The number of halogens is 1. The summed E-state index contributed by atoms with van der Waals surface area (Å²) in [5.41, 5.74) is 4.94. The van der Waals surface area contributed by atoms with Gasteiger partial charge in [-0.3, -0.25) is 9.59 Å². The second-order valence-electron chi connectivity index (χ2n) is 10.5. The highest BCUT2D eigenvalue weighted by molar-refractivity contribution is 6.33. The monoisotopic (exact) mass is 571 g/mol. The van der Waals surface area contributed by atoms with E-state index in [0.29, 0.717) is 47.6 Å².